The van der Waals surface area contributed by atoms with Gasteiger partial charge in [0, 0.05) is 5.56 Å². The smallest absolute Gasteiger partial charge is 0.255 e. The third kappa shape index (κ3) is 7.01. The van der Waals surface area contributed by atoms with E-state index in [0.717, 1.165) is 16.1 Å². The van der Waals surface area contributed by atoms with Crippen LogP contribution in [0.25, 0.3) is 0 Å². The summed E-state index contributed by atoms with van der Waals surface area (Å²) in [5.41, 5.74) is 2.89. The van der Waals surface area contributed by atoms with Gasteiger partial charge in [-0.15, -0.1) is 0 Å². The van der Waals surface area contributed by atoms with E-state index in [-0.39, 0.29) is 34.2 Å². The second-order valence-electron chi connectivity index (χ2n) is 9.15. The van der Waals surface area contributed by atoms with Crippen LogP contribution in [0.5, 0.6) is 0 Å². The first-order valence-electron chi connectivity index (χ1n) is 12.3. The molecule has 2 N–H and O–H groups in total. The lowest BCUT2D eigenvalue weighted by atomic mass is 10.1. The molecule has 10 heteroatoms. The molecule has 40 heavy (non-hydrogen) atoms. The molecular formula is C30H27Cl2N3O4S. The molecule has 206 valence electrons. The molecule has 0 spiro atoms. The molecule has 0 heterocycles. The number of para-hydroxylation sites is 1. The first-order valence-corrected chi connectivity index (χ1v) is 14.9. The van der Waals surface area contributed by atoms with Crippen LogP contribution in [0.4, 0.5) is 11.4 Å². The van der Waals surface area contributed by atoms with Gasteiger partial charge in [-0.3, -0.25) is 13.9 Å². The van der Waals surface area contributed by atoms with Crippen LogP contribution in [-0.4, -0.2) is 26.5 Å². The topological polar surface area (TPSA) is 95.6 Å². The zero-order valence-corrected chi connectivity index (χ0v) is 24.1. The van der Waals surface area contributed by atoms with Crippen LogP contribution in [0.1, 0.15) is 44.8 Å². The number of hydrogen-bond donors (Lipinski definition) is 2. The fourth-order valence-corrected chi connectivity index (χ4v) is 5.42. The number of anilines is 2. The number of carbonyl (C=O) groups excluding carboxylic acids is 2. The number of amides is 2. The van der Waals surface area contributed by atoms with Gasteiger partial charge in [-0.1, -0.05) is 83.9 Å². The second-order valence-corrected chi connectivity index (χ2v) is 11.8. The average molecular weight is 597 g/mol. The summed E-state index contributed by atoms with van der Waals surface area (Å²) in [6.07, 6.45) is 1.08. The molecule has 0 aliphatic rings. The zero-order chi connectivity index (χ0) is 28.9. The molecule has 0 saturated heterocycles. The van der Waals surface area contributed by atoms with E-state index >= 15 is 0 Å². The first-order chi connectivity index (χ1) is 19.0. The Hall–Kier alpha value is -3.85. The Morgan fingerprint density at radius 2 is 1.48 bits per heavy atom. The molecule has 7 nitrogen and oxygen atoms in total. The third-order valence-corrected chi connectivity index (χ3v) is 8.14. The van der Waals surface area contributed by atoms with E-state index in [9.17, 15) is 18.0 Å². The summed E-state index contributed by atoms with van der Waals surface area (Å²) in [5.74, 6) is -0.732. The predicted molar refractivity (Wildman–Crippen MR) is 161 cm³/mol. The molecule has 1 atom stereocenters. The van der Waals surface area contributed by atoms with E-state index in [0.29, 0.717) is 22.4 Å². The van der Waals surface area contributed by atoms with Crippen molar-refractivity contribution in [1.82, 2.24) is 5.32 Å². The summed E-state index contributed by atoms with van der Waals surface area (Å²) in [5, 5.41) is 6.14. The van der Waals surface area contributed by atoms with Crippen LogP contribution in [0.3, 0.4) is 0 Å². The van der Waals surface area contributed by atoms with Crippen molar-refractivity contribution in [2.45, 2.75) is 19.5 Å². The summed E-state index contributed by atoms with van der Waals surface area (Å²) < 4.78 is 26.2. The quantitative estimate of drug-likeness (QED) is 0.225. The summed E-state index contributed by atoms with van der Waals surface area (Å²) in [4.78, 5) is 26.1. The standard InChI is InChI=1S/C30H27Cl2N3O4S/c1-20(22-9-4-3-5-10-22)33-30(37)24-11-6-7-13-26(24)34-29(36)23-17-15-21(16-18-23)19-35(40(2,38)39)27-14-8-12-25(31)28(27)32/h3-18,20H,19H2,1-2H3,(H,33,37)(H,34,36)/t20-/m1/s1. The van der Waals surface area contributed by atoms with Crippen LogP contribution in [0.2, 0.25) is 10.0 Å². The summed E-state index contributed by atoms with van der Waals surface area (Å²) >= 11 is 12.4. The highest BCUT2D eigenvalue weighted by Gasteiger charge is 2.22. The Kier molecular flexibility index (Phi) is 9.14. The number of sulfonamides is 1. The SMILES string of the molecule is C[C@@H](NC(=O)c1ccccc1NC(=O)c1ccc(CN(c2cccc(Cl)c2Cl)S(C)(=O)=O)cc1)c1ccccc1. The normalized spacial score (nSPS) is 11.9. The first kappa shape index (κ1) is 29.1. The highest BCUT2D eigenvalue weighted by molar-refractivity contribution is 7.92. The number of hydrogen-bond acceptors (Lipinski definition) is 4. The number of nitrogens with one attached hydrogen (secondary N) is 2. The molecule has 0 aromatic heterocycles. The Bertz CT molecular complexity index is 1630. The maximum atomic E-state index is 13.0. The Labute approximate surface area is 243 Å². The van der Waals surface area contributed by atoms with Gasteiger partial charge in [0.2, 0.25) is 10.0 Å². The molecule has 0 radical (unpaired) electrons. The number of carbonyl (C=O) groups is 2. The lowest BCUT2D eigenvalue weighted by Crippen LogP contribution is -2.29. The maximum absolute atomic E-state index is 13.0. The summed E-state index contributed by atoms with van der Waals surface area (Å²) in [6, 6.07) is 27.4. The average Bonchev–Trinajstić information content (AvgIpc) is 2.94. The molecule has 4 rings (SSSR count). The van der Waals surface area contributed by atoms with Gasteiger partial charge in [-0.05, 0) is 54.4 Å². The van der Waals surface area contributed by atoms with Crippen molar-refractivity contribution in [3.05, 3.63) is 129 Å². The molecular weight excluding hydrogens is 569 g/mol. The van der Waals surface area contributed by atoms with Crippen molar-refractivity contribution in [1.29, 1.82) is 0 Å². The largest absolute Gasteiger partial charge is 0.345 e. The van der Waals surface area contributed by atoms with E-state index < -0.39 is 15.9 Å². The maximum Gasteiger partial charge on any atom is 0.255 e. The fraction of sp³-hybridized carbons (Fsp3) is 0.133. The molecule has 0 saturated carbocycles. The lowest BCUT2D eigenvalue weighted by molar-refractivity contribution is 0.0940. The second kappa shape index (κ2) is 12.6. The predicted octanol–water partition coefficient (Wildman–Crippen LogP) is 6.70. The molecule has 0 bridgehead atoms. The van der Waals surface area contributed by atoms with Crippen molar-refractivity contribution in [3.63, 3.8) is 0 Å². The van der Waals surface area contributed by atoms with Crippen molar-refractivity contribution in [2.75, 3.05) is 15.9 Å². The molecule has 2 amide bonds. The van der Waals surface area contributed by atoms with Gasteiger partial charge in [-0.2, -0.15) is 0 Å². The summed E-state index contributed by atoms with van der Waals surface area (Å²) in [6.45, 7) is 1.88. The fourth-order valence-electron chi connectivity index (χ4n) is 4.08. The van der Waals surface area contributed by atoms with E-state index in [1.807, 2.05) is 37.3 Å². The van der Waals surface area contributed by atoms with E-state index in [4.69, 9.17) is 23.2 Å². The minimum absolute atomic E-state index is 0.0105. The monoisotopic (exact) mass is 595 g/mol. The summed E-state index contributed by atoms with van der Waals surface area (Å²) in [7, 11) is -3.69. The van der Waals surface area contributed by atoms with Gasteiger partial charge in [0.25, 0.3) is 11.8 Å². The van der Waals surface area contributed by atoms with Crippen LogP contribution in [-0.2, 0) is 16.6 Å². The number of rotatable bonds is 9. The highest BCUT2D eigenvalue weighted by Crippen LogP contribution is 2.34. The Morgan fingerprint density at radius 1 is 0.825 bits per heavy atom. The van der Waals surface area contributed by atoms with Crippen LogP contribution >= 0.6 is 23.2 Å². The van der Waals surface area contributed by atoms with Crippen LogP contribution in [0, 0.1) is 0 Å². The molecule has 4 aromatic rings. The van der Waals surface area contributed by atoms with E-state index in [2.05, 4.69) is 10.6 Å². The molecule has 0 aliphatic heterocycles. The number of halogens is 2. The van der Waals surface area contributed by atoms with Crippen molar-refractivity contribution < 1.29 is 18.0 Å². The zero-order valence-electron chi connectivity index (χ0n) is 21.8. The number of benzene rings is 4. The van der Waals surface area contributed by atoms with Crippen molar-refractivity contribution in [3.8, 4) is 0 Å². The van der Waals surface area contributed by atoms with Crippen molar-refractivity contribution >= 4 is 56.4 Å². The number of nitrogens with zero attached hydrogens (tertiary/aromatic N) is 1. The molecule has 4 aromatic carbocycles. The van der Waals surface area contributed by atoms with Crippen molar-refractivity contribution in [2.24, 2.45) is 0 Å². The lowest BCUT2D eigenvalue weighted by Gasteiger charge is -2.24. The Balaban J connectivity index is 1.48. The molecule has 0 fully saturated rings. The van der Waals surface area contributed by atoms with Gasteiger partial charge in [0.1, 0.15) is 0 Å². The molecule has 0 aliphatic carbocycles. The third-order valence-electron chi connectivity index (χ3n) is 6.21. The van der Waals surface area contributed by atoms with Gasteiger partial charge in [0.05, 0.1) is 45.8 Å². The van der Waals surface area contributed by atoms with Crippen LogP contribution < -0.4 is 14.9 Å². The Morgan fingerprint density at radius 3 is 2.15 bits per heavy atom. The van der Waals surface area contributed by atoms with Gasteiger partial charge >= 0.3 is 0 Å². The van der Waals surface area contributed by atoms with Gasteiger partial charge in [0.15, 0.2) is 0 Å². The molecule has 0 unspecified atom stereocenters. The van der Waals surface area contributed by atoms with Gasteiger partial charge in [-0.25, -0.2) is 8.42 Å². The highest BCUT2D eigenvalue weighted by atomic mass is 35.5. The van der Waals surface area contributed by atoms with E-state index in [1.165, 1.54) is 0 Å². The van der Waals surface area contributed by atoms with Crippen LogP contribution in [0.15, 0.2) is 97.1 Å². The minimum Gasteiger partial charge on any atom is -0.345 e. The van der Waals surface area contributed by atoms with Gasteiger partial charge < -0.3 is 10.6 Å². The van der Waals surface area contributed by atoms with E-state index in [1.54, 1.807) is 66.7 Å². The minimum atomic E-state index is -3.69.